The molecule has 72 valence electrons. The van der Waals surface area contributed by atoms with Crippen LogP contribution in [0.5, 0.6) is 0 Å². The summed E-state index contributed by atoms with van der Waals surface area (Å²) >= 11 is 0. The first-order valence-electron chi connectivity index (χ1n) is 4.65. The van der Waals surface area contributed by atoms with Crippen molar-refractivity contribution < 1.29 is 14.3 Å². The highest BCUT2D eigenvalue weighted by atomic mass is 16.7. The molecule has 4 nitrogen and oxygen atoms in total. The van der Waals surface area contributed by atoms with Gasteiger partial charge in [-0.05, 0) is 18.6 Å². The third kappa shape index (κ3) is 0.861. The second kappa shape index (κ2) is 2.54. The van der Waals surface area contributed by atoms with Gasteiger partial charge in [-0.3, -0.25) is 4.98 Å². The molecule has 1 saturated heterocycles. The number of aromatic nitrogens is 1. The van der Waals surface area contributed by atoms with Crippen LogP contribution in [-0.4, -0.2) is 17.6 Å². The van der Waals surface area contributed by atoms with Crippen LogP contribution in [0.2, 0.25) is 0 Å². The van der Waals surface area contributed by atoms with Gasteiger partial charge in [-0.25, -0.2) is 4.79 Å². The van der Waals surface area contributed by atoms with Crippen LogP contribution in [0.15, 0.2) is 18.3 Å². The molecule has 2 aliphatic rings. The van der Waals surface area contributed by atoms with E-state index in [0.29, 0.717) is 24.3 Å². The van der Waals surface area contributed by atoms with E-state index < -0.39 is 5.79 Å². The van der Waals surface area contributed by atoms with Crippen molar-refractivity contribution in [2.45, 2.75) is 18.6 Å². The van der Waals surface area contributed by atoms with Crippen LogP contribution in [0.25, 0.3) is 0 Å². The summed E-state index contributed by atoms with van der Waals surface area (Å²) in [6.07, 6.45) is 3.27. The van der Waals surface area contributed by atoms with E-state index >= 15 is 0 Å². The van der Waals surface area contributed by atoms with Crippen molar-refractivity contribution in [3.8, 4) is 0 Å². The quantitative estimate of drug-likeness (QED) is 0.578. The molecule has 14 heavy (non-hydrogen) atoms. The summed E-state index contributed by atoms with van der Waals surface area (Å²) in [5.41, 5.74) is 1.18. The normalized spacial score (nSPS) is 29.3. The Kier molecular flexibility index (Phi) is 1.44. The summed E-state index contributed by atoms with van der Waals surface area (Å²) < 4.78 is 10.7. The fourth-order valence-electron chi connectivity index (χ4n) is 2.01. The first kappa shape index (κ1) is 7.94. The van der Waals surface area contributed by atoms with Crippen LogP contribution < -0.4 is 0 Å². The van der Waals surface area contributed by atoms with Crippen LogP contribution in [0.4, 0.5) is 0 Å². The number of hydrogen-bond donors (Lipinski definition) is 0. The minimum absolute atomic E-state index is 0.324. The molecule has 0 radical (unpaired) electrons. The van der Waals surface area contributed by atoms with Crippen LogP contribution in [0.1, 0.15) is 28.9 Å². The average Bonchev–Trinajstić information content (AvgIpc) is 2.77. The molecule has 1 aromatic rings. The van der Waals surface area contributed by atoms with E-state index in [4.69, 9.17) is 9.47 Å². The van der Waals surface area contributed by atoms with Crippen molar-refractivity contribution in [1.29, 1.82) is 0 Å². The van der Waals surface area contributed by atoms with Gasteiger partial charge < -0.3 is 9.47 Å². The van der Waals surface area contributed by atoms with Crippen molar-refractivity contribution in [2.24, 2.45) is 0 Å². The monoisotopic (exact) mass is 191 g/mol. The molecule has 0 bridgehead atoms. The fraction of sp³-hybridized carbons (Fsp3) is 0.400. The van der Waals surface area contributed by atoms with Crippen LogP contribution in [0, 0.1) is 0 Å². The molecular formula is C10H9NO3. The number of carbonyl (C=O) groups excluding carboxylic acids is 1. The van der Waals surface area contributed by atoms with Gasteiger partial charge in [0.15, 0.2) is 0 Å². The van der Waals surface area contributed by atoms with E-state index in [-0.39, 0.29) is 5.97 Å². The molecule has 1 aromatic heterocycles. The van der Waals surface area contributed by atoms with Gasteiger partial charge in [0.05, 0.1) is 12.2 Å². The summed E-state index contributed by atoms with van der Waals surface area (Å²) in [4.78, 5) is 15.7. The highest BCUT2D eigenvalue weighted by molar-refractivity contribution is 5.93. The zero-order chi connectivity index (χ0) is 9.60. The molecule has 4 heteroatoms. The molecule has 0 aromatic carbocycles. The smallest absolute Gasteiger partial charge is 0.343 e. The van der Waals surface area contributed by atoms with Crippen LogP contribution in [-0.2, 0) is 15.3 Å². The maximum absolute atomic E-state index is 11.5. The lowest BCUT2D eigenvalue weighted by molar-refractivity contribution is -0.174. The van der Waals surface area contributed by atoms with E-state index in [0.717, 1.165) is 6.42 Å². The van der Waals surface area contributed by atoms with Crippen molar-refractivity contribution in [1.82, 2.24) is 4.98 Å². The van der Waals surface area contributed by atoms with Crippen molar-refractivity contribution >= 4 is 5.97 Å². The first-order chi connectivity index (χ1) is 6.82. The maximum atomic E-state index is 11.5. The van der Waals surface area contributed by atoms with Gasteiger partial charge in [0.1, 0.15) is 5.69 Å². The van der Waals surface area contributed by atoms with Gasteiger partial charge in [0.25, 0.3) is 5.79 Å². The van der Waals surface area contributed by atoms with E-state index in [1.54, 1.807) is 18.3 Å². The molecule has 1 atom stereocenters. The fourth-order valence-corrected chi connectivity index (χ4v) is 2.01. The Morgan fingerprint density at radius 3 is 3.21 bits per heavy atom. The minimum Gasteiger partial charge on any atom is -0.423 e. The summed E-state index contributed by atoms with van der Waals surface area (Å²) in [6, 6.07) is 3.45. The van der Waals surface area contributed by atoms with E-state index in [1.165, 1.54) is 0 Å². The van der Waals surface area contributed by atoms with Crippen LogP contribution in [0.3, 0.4) is 0 Å². The Bertz CT molecular complexity index is 396. The number of ether oxygens (including phenoxy) is 2. The third-order valence-electron chi connectivity index (χ3n) is 2.63. The average molecular weight is 191 g/mol. The second-order valence-electron chi connectivity index (χ2n) is 3.49. The lowest BCUT2D eigenvalue weighted by Crippen LogP contribution is -2.25. The van der Waals surface area contributed by atoms with Gasteiger partial charge in [-0.15, -0.1) is 0 Å². The largest absolute Gasteiger partial charge is 0.423 e. The van der Waals surface area contributed by atoms with E-state index in [2.05, 4.69) is 4.98 Å². The first-order valence-corrected chi connectivity index (χ1v) is 4.65. The predicted molar refractivity (Wildman–Crippen MR) is 46.5 cm³/mol. The maximum Gasteiger partial charge on any atom is 0.343 e. The Morgan fingerprint density at radius 1 is 1.50 bits per heavy atom. The van der Waals surface area contributed by atoms with Gasteiger partial charge in [-0.1, -0.05) is 0 Å². The zero-order valence-electron chi connectivity index (χ0n) is 7.53. The molecular weight excluding hydrogens is 182 g/mol. The highest BCUT2D eigenvalue weighted by Gasteiger charge is 2.50. The molecule has 1 spiro atoms. The number of esters is 1. The number of pyridine rings is 1. The molecule has 0 N–H and O–H groups in total. The third-order valence-corrected chi connectivity index (χ3v) is 2.63. The topological polar surface area (TPSA) is 48.4 Å². The Labute approximate surface area is 80.9 Å². The number of rotatable bonds is 0. The Morgan fingerprint density at radius 2 is 2.43 bits per heavy atom. The molecule has 3 rings (SSSR count). The summed E-state index contributed by atoms with van der Waals surface area (Å²) in [6.45, 7) is 0.628. The molecule has 2 aliphatic heterocycles. The lowest BCUT2D eigenvalue weighted by atomic mass is 10.1. The zero-order valence-corrected chi connectivity index (χ0v) is 7.53. The molecule has 0 saturated carbocycles. The molecule has 3 heterocycles. The standard InChI is InChI=1S/C10H9NO3/c12-9-7-3-1-5-11-8(7)10(14-9)4-2-6-13-10/h1,3,5H,2,4,6H2. The number of hydrogen-bond acceptors (Lipinski definition) is 4. The summed E-state index contributed by atoms with van der Waals surface area (Å²) in [7, 11) is 0. The van der Waals surface area contributed by atoms with Gasteiger partial charge in [0, 0.05) is 12.6 Å². The summed E-state index contributed by atoms with van der Waals surface area (Å²) in [5, 5.41) is 0. The molecule has 0 amide bonds. The number of carbonyl (C=O) groups is 1. The van der Waals surface area contributed by atoms with Gasteiger partial charge in [0.2, 0.25) is 0 Å². The Balaban J connectivity index is 2.18. The second-order valence-corrected chi connectivity index (χ2v) is 3.49. The van der Waals surface area contributed by atoms with E-state index in [1.807, 2.05) is 0 Å². The number of nitrogens with zero attached hydrogens (tertiary/aromatic N) is 1. The van der Waals surface area contributed by atoms with Crippen LogP contribution >= 0.6 is 0 Å². The van der Waals surface area contributed by atoms with Crippen molar-refractivity contribution in [3.05, 3.63) is 29.6 Å². The molecule has 0 aliphatic carbocycles. The predicted octanol–water partition coefficient (Wildman–Crippen LogP) is 1.22. The lowest BCUT2D eigenvalue weighted by Gasteiger charge is -2.20. The summed E-state index contributed by atoms with van der Waals surface area (Å²) in [5.74, 6) is -1.19. The van der Waals surface area contributed by atoms with Crippen molar-refractivity contribution in [3.63, 3.8) is 0 Å². The molecule has 1 unspecified atom stereocenters. The molecule has 1 fully saturated rings. The number of fused-ring (bicyclic) bond motifs is 2. The Hall–Kier alpha value is -1.42. The minimum atomic E-state index is -0.867. The van der Waals surface area contributed by atoms with Crippen molar-refractivity contribution in [2.75, 3.05) is 6.61 Å². The van der Waals surface area contributed by atoms with Gasteiger partial charge >= 0.3 is 5.97 Å². The van der Waals surface area contributed by atoms with Gasteiger partial charge in [-0.2, -0.15) is 0 Å². The highest BCUT2D eigenvalue weighted by Crippen LogP contribution is 2.42. The SMILES string of the molecule is O=C1OC2(CCCO2)c2ncccc21. The van der Waals surface area contributed by atoms with E-state index in [9.17, 15) is 4.79 Å².